The third-order valence-corrected chi connectivity index (χ3v) is 4.21. The Morgan fingerprint density at radius 3 is 2.29 bits per heavy atom. The lowest BCUT2D eigenvalue weighted by Crippen LogP contribution is -2.13. The number of hydrogen-bond donors (Lipinski definition) is 2. The van der Waals surface area contributed by atoms with E-state index in [0.29, 0.717) is 5.56 Å². The number of benzene rings is 2. The van der Waals surface area contributed by atoms with Gasteiger partial charge in [-0.2, -0.15) is 0 Å². The first-order valence-corrected chi connectivity index (χ1v) is 7.35. The number of nitrogens with one attached hydrogen (secondary N) is 1. The standard InChI is InChI=1S/C13H12N2O5S/c1-9-3-2-4-12(16)13(9)14-21(19,20)11-7-5-10(6-8-11)15(17)18/h2-8,14,16H,1H3. The molecule has 0 heterocycles. The van der Waals surface area contributed by atoms with Crippen LogP contribution in [0.15, 0.2) is 47.4 Å². The molecule has 21 heavy (non-hydrogen) atoms. The maximum Gasteiger partial charge on any atom is 0.269 e. The first-order valence-electron chi connectivity index (χ1n) is 5.87. The van der Waals surface area contributed by atoms with E-state index in [1.54, 1.807) is 19.1 Å². The van der Waals surface area contributed by atoms with Crippen LogP contribution < -0.4 is 4.72 Å². The van der Waals surface area contributed by atoms with E-state index in [1.807, 2.05) is 0 Å². The Bertz CT molecular complexity index is 764. The van der Waals surface area contributed by atoms with Crippen LogP contribution in [-0.4, -0.2) is 18.4 Å². The van der Waals surface area contributed by atoms with Crippen molar-refractivity contribution in [3.63, 3.8) is 0 Å². The number of anilines is 1. The van der Waals surface area contributed by atoms with Crippen molar-refractivity contribution in [1.82, 2.24) is 0 Å². The van der Waals surface area contributed by atoms with Gasteiger partial charge in [0.05, 0.1) is 15.5 Å². The van der Waals surface area contributed by atoms with Crippen molar-refractivity contribution >= 4 is 21.4 Å². The summed E-state index contributed by atoms with van der Waals surface area (Å²) >= 11 is 0. The summed E-state index contributed by atoms with van der Waals surface area (Å²) in [7, 11) is -3.93. The average molecular weight is 308 g/mol. The fraction of sp³-hybridized carbons (Fsp3) is 0.0769. The van der Waals surface area contributed by atoms with E-state index in [1.165, 1.54) is 6.07 Å². The van der Waals surface area contributed by atoms with Crippen LogP contribution in [-0.2, 0) is 10.0 Å². The monoisotopic (exact) mass is 308 g/mol. The Hall–Kier alpha value is -2.61. The number of phenolic OH excluding ortho intramolecular Hbond substituents is 1. The van der Waals surface area contributed by atoms with E-state index < -0.39 is 14.9 Å². The summed E-state index contributed by atoms with van der Waals surface area (Å²) < 4.78 is 26.7. The maximum absolute atomic E-state index is 12.2. The molecule has 2 rings (SSSR count). The molecule has 0 saturated carbocycles. The number of hydrogen-bond acceptors (Lipinski definition) is 5. The topological polar surface area (TPSA) is 110 Å². The lowest BCUT2D eigenvalue weighted by atomic mass is 10.2. The van der Waals surface area contributed by atoms with Gasteiger partial charge >= 0.3 is 0 Å². The number of nitro groups is 1. The number of para-hydroxylation sites is 1. The Morgan fingerprint density at radius 1 is 1.14 bits per heavy atom. The van der Waals surface area contributed by atoms with Crippen LogP contribution in [0.1, 0.15) is 5.56 Å². The summed E-state index contributed by atoms with van der Waals surface area (Å²) in [5.41, 5.74) is 0.434. The van der Waals surface area contributed by atoms with Crippen LogP contribution in [0.5, 0.6) is 5.75 Å². The molecule has 0 saturated heterocycles. The number of phenols is 1. The van der Waals surface area contributed by atoms with Gasteiger partial charge in [0.15, 0.2) is 0 Å². The van der Waals surface area contributed by atoms with Crippen molar-refractivity contribution in [2.24, 2.45) is 0 Å². The highest BCUT2D eigenvalue weighted by Gasteiger charge is 2.18. The van der Waals surface area contributed by atoms with Crippen LogP contribution in [0.3, 0.4) is 0 Å². The van der Waals surface area contributed by atoms with Gasteiger partial charge in [-0.15, -0.1) is 0 Å². The maximum atomic E-state index is 12.2. The Balaban J connectivity index is 2.36. The van der Waals surface area contributed by atoms with E-state index in [2.05, 4.69) is 4.72 Å². The van der Waals surface area contributed by atoms with Crippen molar-refractivity contribution in [3.8, 4) is 5.75 Å². The molecule has 2 aromatic carbocycles. The van der Waals surface area contributed by atoms with Crippen molar-refractivity contribution < 1.29 is 18.4 Å². The minimum absolute atomic E-state index is 0.0795. The number of nitrogens with zero attached hydrogens (tertiary/aromatic N) is 1. The first-order chi connectivity index (χ1) is 9.81. The van der Waals surface area contributed by atoms with E-state index >= 15 is 0 Å². The molecule has 0 aromatic heterocycles. The SMILES string of the molecule is Cc1cccc(O)c1NS(=O)(=O)c1ccc([N+](=O)[O-])cc1. The highest BCUT2D eigenvalue weighted by Crippen LogP contribution is 2.29. The second-order valence-electron chi connectivity index (χ2n) is 4.33. The first kappa shape index (κ1) is 14.8. The Morgan fingerprint density at radius 2 is 1.76 bits per heavy atom. The molecule has 2 aromatic rings. The molecular weight excluding hydrogens is 296 g/mol. The third kappa shape index (κ3) is 3.11. The highest BCUT2D eigenvalue weighted by atomic mass is 32.2. The predicted octanol–water partition coefficient (Wildman–Crippen LogP) is 2.41. The quantitative estimate of drug-likeness (QED) is 0.512. The van der Waals surface area contributed by atoms with E-state index in [0.717, 1.165) is 24.3 Å². The Kier molecular flexibility index (Phi) is 3.81. The van der Waals surface area contributed by atoms with Crippen molar-refractivity contribution in [2.45, 2.75) is 11.8 Å². The average Bonchev–Trinajstić information content (AvgIpc) is 2.43. The Labute approximate surface area is 121 Å². The van der Waals surface area contributed by atoms with Crippen LogP contribution in [0.25, 0.3) is 0 Å². The second-order valence-corrected chi connectivity index (χ2v) is 6.01. The van der Waals surface area contributed by atoms with E-state index in [-0.39, 0.29) is 22.0 Å². The number of aryl methyl sites for hydroxylation is 1. The lowest BCUT2D eigenvalue weighted by molar-refractivity contribution is -0.384. The van der Waals surface area contributed by atoms with Gasteiger partial charge in [0, 0.05) is 12.1 Å². The predicted molar refractivity (Wildman–Crippen MR) is 76.7 cm³/mol. The molecule has 0 aliphatic heterocycles. The molecule has 0 bridgehead atoms. The summed E-state index contributed by atoms with van der Waals surface area (Å²) in [4.78, 5) is 9.81. The minimum Gasteiger partial charge on any atom is -0.506 e. The minimum atomic E-state index is -3.93. The second kappa shape index (κ2) is 5.41. The van der Waals surface area contributed by atoms with Crippen molar-refractivity contribution in [2.75, 3.05) is 4.72 Å². The van der Waals surface area contributed by atoms with Crippen LogP contribution in [0, 0.1) is 17.0 Å². The van der Waals surface area contributed by atoms with Crippen molar-refractivity contribution in [3.05, 3.63) is 58.1 Å². The summed E-state index contributed by atoms with van der Waals surface area (Å²) in [5.74, 6) is -0.194. The summed E-state index contributed by atoms with van der Waals surface area (Å²) in [5, 5.41) is 20.3. The highest BCUT2D eigenvalue weighted by molar-refractivity contribution is 7.92. The van der Waals surface area contributed by atoms with Crippen molar-refractivity contribution in [1.29, 1.82) is 0 Å². The zero-order valence-electron chi connectivity index (χ0n) is 11.0. The van der Waals surface area contributed by atoms with Gasteiger partial charge < -0.3 is 5.11 Å². The van der Waals surface area contributed by atoms with Gasteiger partial charge in [-0.25, -0.2) is 8.42 Å². The number of rotatable bonds is 4. The molecule has 0 atom stereocenters. The molecule has 0 radical (unpaired) electrons. The fourth-order valence-electron chi connectivity index (χ4n) is 1.73. The molecule has 0 spiro atoms. The summed E-state index contributed by atoms with van der Waals surface area (Å²) in [6, 6.07) is 9.08. The summed E-state index contributed by atoms with van der Waals surface area (Å²) in [6.45, 7) is 1.65. The van der Waals surface area contributed by atoms with Gasteiger partial charge in [0.1, 0.15) is 5.75 Å². The molecule has 0 aliphatic rings. The lowest BCUT2D eigenvalue weighted by Gasteiger charge is -2.11. The number of aromatic hydroxyl groups is 1. The fourth-order valence-corrected chi connectivity index (χ4v) is 2.87. The van der Waals surface area contributed by atoms with Crippen LogP contribution >= 0.6 is 0 Å². The summed E-state index contributed by atoms with van der Waals surface area (Å²) in [6.07, 6.45) is 0. The normalized spacial score (nSPS) is 11.1. The van der Waals surface area contributed by atoms with Gasteiger partial charge in [0.2, 0.25) is 0 Å². The molecule has 0 fully saturated rings. The molecule has 0 unspecified atom stereocenters. The van der Waals surface area contributed by atoms with Crippen LogP contribution in [0.2, 0.25) is 0 Å². The van der Waals surface area contributed by atoms with Gasteiger partial charge in [0.25, 0.3) is 15.7 Å². The van der Waals surface area contributed by atoms with E-state index in [9.17, 15) is 23.6 Å². The van der Waals surface area contributed by atoms with Gasteiger partial charge in [-0.05, 0) is 30.7 Å². The molecular formula is C13H12N2O5S. The van der Waals surface area contributed by atoms with Gasteiger partial charge in [-0.1, -0.05) is 12.1 Å². The molecule has 8 heteroatoms. The number of sulfonamides is 1. The molecule has 7 nitrogen and oxygen atoms in total. The zero-order chi connectivity index (χ0) is 15.6. The van der Waals surface area contributed by atoms with Gasteiger partial charge in [-0.3, -0.25) is 14.8 Å². The largest absolute Gasteiger partial charge is 0.506 e. The third-order valence-electron chi connectivity index (χ3n) is 2.85. The molecule has 110 valence electrons. The van der Waals surface area contributed by atoms with E-state index in [4.69, 9.17) is 0 Å². The zero-order valence-corrected chi connectivity index (χ0v) is 11.8. The smallest absolute Gasteiger partial charge is 0.269 e. The number of non-ortho nitro benzene ring substituents is 1. The van der Waals surface area contributed by atoms with Crippen LogP contribution in [0.4, 0.5) is 11.4 Å². The molecule has 2 N–H and O–H groups in total. The molecule has 0 aliphatic carbocycles. The molecule has 0 amide bonds. The number of nitro benzene ring substituents is 1.